The lowest BCUT2D eigenvalue weighted by Crippen LogP contribution is -2.39. The molecule has 1 saturated heterocycles. The Morgan fingerprint density at radius 1 is 1.08 bits per heavy atom. The number of fused-ring (bicyclic) bond motifs is 2. The molecule has 1 aliphatic carbocycles. The molecule has 2 fully saturated rings. The van der Waals surface area contributed by atoms with E-state index in [0.29, 0.717) is 19.0 Å². The summed E-state index contributed by atoms with van der Waals surface area (Å²) in [6.45, 7) is 9.89. The Kier molecular flexibility index (Phi) is 5.77. The molecule has 3 aromatic rings. The summed E-state index contributed by atoms with van der Waals surface area (Å²) in [6.07, 6.45) is 8.36. The van der Waals surface area contributed by atoms with Crippen LogP contribution in [0.5, 0.6) is 0 Å². The van der Waals surface area contributed by atoms with E-state index in [4.69, 9.17) is 4.74 Å². The molecule has 1 atom stereocenters. The standard InChI is InChI=1S/C30H36N4O3/c1-18-15-31-27-24(18)14-21(16-32-27)20-12-22-17-33(28(35)19-7-8-19)11-9-23(22)25(13-20)26-6-5-10-34(26)29(36)37-30(2,3)4/h12-16,19,26H,5-11,17H2,1-4H3,(H,31,32). The predicted molar refractivity (Wildman–Crippen MR) is 143 cm³/mol. The molecule has 3 aliphatic rings. The molecule has 2 amide bonds. The Morgan fingerprint density at radius 2 is 1.89 bits per heavy atom. The lowest BCUT2D eigenvalue weighted by molar-refractivity contribution is -0.133. The van der Waals surface area contributed by atoms with Crippen LogP contribution in [0.25, 0.3) is 22.2 Å². The number of hydrogen-bond donors (Lipinski definition) is 1. The van der Waals surface area contributed by atoms with Crippen molar-refractivity contribution in [3.63, 3.8) is 0 Å². The van der Waals surface area contributed by atoms with Gasteiger partial charge in [-0.05, 0) is 106 Å². The summed E-state index contributed by atoms with van der Waals surface area (Å²) in [6, 6.07) is 6.66. The van der Waals surface area contributed by atoms with Gasteiger partial charge in [0.15, 0.2) is 0 Å². The molecule has 4 heterocycles. The van der Waals surface area contributed by atoms with Gasteiger partial charge in [-0.2, -0.15) is 0 Å². The first kappa shape index (κ1) is 24.0. The minimum absolute atomic E-state index is 0.0279. The minimum Gasteiger partial charge on any atom is -0.444 e. The number of aromatic nitrogens is 2. The SMILES string of the molecule is Cc1c[nH]c2ncc(-c3cc4c(c(C5CCCN5C(=O)OC(C)(C)C)c3)CCN(C(=O)C3CC3)C4)cc12. The first-order valence-corrected chi connectivity index (χ1v) is 13.6. The number of nitrogens with zero attached hydrogens (tertiary/aromatic N) is 3. The fourth-order valence-corrected chi connectivity index (χ4v) is 5.90. The van der Waals surface area contributed by atoms with E-state index in [2.05, 4.69) is 35.1 Å². The van der Waals surface area contributed by atoms with Crippen LogP contribution in [0.4, 0.5) is 4.79 Å². The molecule has 1 saturated carbocycles. The van der Waals surface area contributed by atoms with Crippen LogP contribution in [0.3, 0.4) is 0 Å². The molecular formula is C30H36N4O3. The van der Waals surface area contributed by atoms with E-state index >= 15 is 0 Å². The van der Waals surface area contributed by atoms with Crippen LogP contribution in [-0.2, 0) is 22.5 Å². The summed E-state index contributed by atoms with van der Waals surface area (Å²) in [4.78, 5) is 38.0. The zero-order valence-corrected chi connectivity index (χ0v) is 22.3. The van der Waals surface area contributed by atoms with Gasteiger partial charge >= 0.3 is 6.09 Å². The maximum Gasteiger partial charge on any atom is 0.410 e. The fourth-order valence-electron chi connectivity index (χ4n) is 5.90. The quantitative estimate of drug-likeness (QED) is 0.485. The number of hydrogen-bond acceptors (Lipinski definition) is 4. The van der Waals surface area contributed by atoms with E-state index in [1.54, 1.807) is 0 Å². The summed E-state index contributed by atoms with van der Waals surface area (Å²) in [5.74, 6) is 0.504. The number of pyridine rings is 1. The average Bonchev–Trinajstić information content (AvgIpc) is 3.48. The molecule has 1 N–H and O–H groups in total. The molecule has 194 valence electrons. The molecule has 0 radical (unpaired) electrons. The van der Waals surface area contributed by atoms with Gasteiger partial charge in [0, 0.05) is 48.9 Å². The van der Waals surface area contributed by atoms with Crippen molar-refractivity contribution < 1.29 is 14.3 Å². The molecule has 0 spiro atoms. The second kappa shape index (κ2) is 8.89. The van der Waals surface area contributed by atoms with Crippen molar-refractivity contribution >= 4 is 23.0 Å². The van der Waals surface area contributed by atoms with Crippen LogP contribution in [0, 0.1) is 12.8 Å². The maximum atomic E-state index is 13.2. The monoisotopic (exact) mass is 500 g/mol. The number of ether oxygens (including phenoxy) is 1. The molecule has 1 aromatic carbocycles. The largest absolute Gasteiger partial charge is 0.444 e. The Labute approximate surface area is 218 Å². The van der Waals surface area contributed by atoms with Gasteiger partial charge in [-0.25, -0.2) is 9.78 Å². The van der Waals surface area contributed by atoms with Crippen LogP contribution in [-0.4, -0.2) is 50.5 Å². The Hall–Kier alpha value is -3.35. The van der Waals surface area contributed by atoms with E-state index in [1.807, 2.05) is 43.0 Å². The van der Waals surface area contributed by atoms with E-state index < -0.39 is 5.60 Å². The highest BCUT2D eigenvalue weighted by atomic mass is 16.6. The van der Waals surface area contributed by atoms with Gasteiger partial charge < -0.3 is 19.5 Å². The molecule has 2 aliphatic heterocycles. The van der Waals surface area contributed by atoms with E-state index in [0.717, 1.165) is 66.4 Å². The van der Waals surface area contributed by atoms with Gasteiger partial charge in [-0.1, -0.05) is 0 Å². The number of likely N-dealkylation sites (tertiary alicyclic amines) is 1. The number of amides is 2. The zero-order chi connectivity index (χ0) is 25.9. The smallest absolute Gasteiger partial charge is 0.410 e. The number of carbonyl (C=O) groups is 2. The third-order valence-corrected chi connectivity index (χ3v) is 7.92. The molecule has 6 rings (SSSR count). The van der Waals surface area contributed by atoms with E-state index in [-0.39, 0.29) is 18.1 Å². The molecule has 7 nitrogen and oxygen atoms in total. The van der Waals surface area contributed by atoms with Crippen LogP contribution in [0.15, 0.2) is 30.6 Å². The third-order valence-electron chi connectivity index (χ3n) is 7.92. The lowest BCUT2D eigenvalue weighted by atomic mass is 9.86. The van der Waals surface area contributed by atoms with Crippen molar-refractivity contribution in [3.05, 3.63) is 52.8 Å². The number of nitrogens with one attached hydrogen (secondary N) is 1. The lowest BCUT2D eigenvalue weighted by Gasteiger charge is -2.34. The van der Waals surface area contributed by atoms with Crippen molar-refractivity contribution in [2.75, 3.05) is 13.1 Å². The molecule has 37 heavy (non-hydrogen) atoms. The fraction of sp³-hybridized carbons (Fsp3) is 0.500. The third kappa shape index (κ3) is 4.60. The molecular weight excluding hydrogens is 464 g/mol. The topological polar surface area (TPSA) is 78.5 Å². The van der Waals surface area contributed by atoms with Crippen molar-refractivity contribution in [3.8, 4) is 11.1 Å². The van der Waals surface area contributed by atoms with E-state index in [9.17, 15) is 9.59 Å². The van der Waals surface area contributed by atoms with Gasteiger partial charge in [-0.15, -0.1) is 0 Å². The van der Waals surface area contributed by atoms with Gasteiger partial charge in [-0.3, -0.25) is 4.79 Å². The normalized spacial score (nSPS) is 19.8. The van der Waals surface area contributed by atoms with E-state index in [1.165, 1.54) is 16.7 Å². The Morgan fingerprint density at radius 3 is 2.65 bits per heavy atom. The molecule has 2 aromatic heterocycles. The summed E-state index contributed by atoms with van der Waals surface area (Å²) >= 11 is 0. The Bertz CT molecular complexity index is 1380. The number of rotatable bonds is 3. The molecule has 0 bridgehead atoms. The summed E-state index contributed by atoms with van der Waals surface area (Å²) in [5, 5.41) is 1.11. The van der Waals surface area contributed by atoms with Crippen molar-refractivity contribution in [2.45, 2.75) is 78.0 Å². The van der Waals surface area contributed by atoms with Gasteiger partial charge in [0.2, 0.25) is 5.91 Å². The maximum absolute atomic E-state index is 13.2. The van der Waals surface area contributed by atoms with Crippen LogP contribution >= 0.6 is 0 Å². The first-order chi connectivity index (χ1) is 17.7. The van der Waals surface area contributed by atoms with Gasteiger partial charge in [0.1, 0.15) is 11.2 Å². The van der Waals surface area contributed by atoms with Gasteiger partial charge in [0.25, 0.3) is 0 Å². The Balaban J connectivity index is 1.42. The highest BCUT2D eigenvalue weighted by molar-refractivity contribution is 5.85. The van der Waals surface area contributed by atoms with Crippen molar-refractivity contribution in [2.24, 2.45) is 5.92 Å². The number of carbonyl (C=O) groups excluding carboxylic acids is 2. The number of aryl methyl sites for hydroxylation is 1. The summed E-state index contributed by atoms with van der Waals surface area (Å²) < 4.78 is 5.79. The predicted octanol–water partition coefficient (Wildman–Crippen LogP) is 5.91. The highest BCUT2D eigenvalue weighted by Gasteiger charge is 2.38. The average molecular weight is 501 g/mol. The number of aromatic amines is 1. The van der Waals surface area contributed by atoms with Crippen molar-refractivity contribution in [1.29, 1.82) is 0 Å². The van der Waals surface area contributed by atoms with Gasteiger partial charge in [0.05, 0.1) is 6.04 Å². The molecule has 7 heteroatoms. The van der Waals surface area contributed by atoms with Crippen LogP contribution < -0.4 is 0 Å². The number of H-pyrrole nitrogens is 1. The second-order valence-electron chi connectivity index (χ2n) is 11.9. The minimum atomic E-state index is -0.537. The first-order valence-electron chi connectivity index (χ1n) is 13.6. The number of benzene rings is 1. The second-order valence-corrected chi connectivity index (χ2v) is 11.9. The summed E-state index contributed by atoms with van der Waals surface area (Å²) in [7, 11) is 0. The van der Waals surface area contributed by atoms with Crippen LogP contribution in [0.2, 0.25) is 0 Å². The zero-order valence-electron chi connectivity index (χ0n) is 22.3. The summed E-state index contributed by atoms with van der Waals surface area (Å²) in [5.41, 5.74) is 7.31. The molecule has 1 unspecified atom stereocenters. The van der Waals surface area contributed by atoms with Crippen LogP contribution in [0.1, 0.15) is 74.8 Å². The van der Waals surface area contributed by atoms with Crippen molar-refractivity contribution in [1.82, 2.24) is 19.8 Å². The highest BCUT2D eigenvalue weighted by Crippen LogP contribution is 2.41.